The zero-order valence-electron chi connectivity index (χ0n) is 23.1. The number of rotatable bonds is 11. The van der Waals surface area contributed by atoms with Crippen LogP contribution in [-0.4, -0.2) is 46.7 Å². The standard InChI is InChI=1S/C26H50N2O4P2S2/c1-5-25(6-2)19-29-33(30-20-25)27(23-15-11-9-12-16-23)35-36-28(24-17-13-10-14-18-24)34-31-21-26(7-3,8-4)22-32-34/h23-24H,5-22H2,1-4H3. The molecule has 4 aliphatic rings. The molecule has 2 saturated carbocycles. The Morgan fingerprint density at radius 2 is 0.861 bits per heavy atom. The van der Waals surface area contributed by atoms with E-state index < -0.39 is 17.1 Å². The van der Waals surface area contributed by atoms with E-state index in [9.17, 15) is 0 Å². The van der Waals surface area contributed by atoms with E-state index in [1.165, 1.54) is 64.2 Å². The molecule has 36 heavy (non-hydrogen) atoms. The molecule has 0 unspecified atom stereocenters. The molecular weight excluding hydrogens is 530 g/mol. The molecular formula is C26H50N2O4P2S2. The highest BCUT2D eigenvalue weighted by Gasteiger charge is 2.43. The molecule has 2 heterocycles. The molecule has 6 nitrogen and oxygen atoms in total. The van der Waals surface area contributed by atoms with Crippen LogP contribution < -0.4 is 0 Å². The fraction of sp³-hybridized carbons (Fsp3) is 1.00. The highest BCUT2D eigenvalue weighted by Crippen LogP contribution is 2.63. The summed E-state index contributed by atoms with van der Waals surface area (Å²) in [6, 6.07) is 1.06. The lowest BCUT2D eigenvalue weighted by molar-refractivity contribution is 0.0176. The molecule has 0 radical (unpaired) electrons. The van der Waals surface area contributed by atoms with Crippen molar-refractivity contribution in [2.24, 2.45) is 10.8 Å². The summed E-state index contributed by atoms with van der Waals surface area (Å²) >= 11 is 0. The summed E-state index contributed by atoms with van der Waals surface area (Å²) in [5, 5.41) is 0. The topological polar surface area (TPSA) is 43.4 Å². The minimum atomic E-state index is -1.04. The lowest BCUT2D eigenvalue weighted by Crippen LogP contribution is -2.39. The summed E-state index contributed by atoms with van der Waals surface area (Å²) in [4.78, 5) is 0. The summed E-state index contributed by atoms with van der Waals surface area (Å²) in [5.74, 6) is 0. The largest absolute Gasteiger partial charge is 0.321 e. The molecule has 0 N–H and O–H groups in total. The first-order chi connectivity index (χ1) is 17.6. The molecule has 0 aromatic heterocycles. The maximum Gasteiger partial charge on any atom is 0.270 e. The van der Waals surface area contributed by atoms with E-state index in [-0.39, 0.29) is 10.8 Å². The van der Waals surface area contributed by atoms with E-state index in [0.717, 1.165) is 52.1 Å². The molecule has 0 aromatic carbocycles. The van der Waals surface area contributed by atoms with Crippen LogP contribution in [0.1, 0.15) is 118 Å². The fourth-order valence-electron chi connectivity index (χ4n) is 5.59. The Bertz CT molecular complexity index is 573. The van der Waals surface area contributed by atoms with E-state index in [4.69, 9.17) is 18.1 Å². The van der Waals surface area contributed by atoms with Gasteiger partial charge in [-0.15, -0.1) is 0 Å². The van der Waals surface area contributed by atoms with Gasteiger partial charge in [0, 0.05) is 44.9 Å². The summed E-state index contributed by atoms with van der Waals surface area (Å²) in [5.41, 5.74) is 0.363. The number of nitrogens with zero attached hydrogens (tertiary/aromatic N) is 2. The Kier molecular flexibility index (Phi) is 12.5. The summed E-state index contributed by atoms with van der Waals surface area (Å²) in [7, 11) is 1.66. The first-order valence-corrected chi connectivity index (χ1v) is 18.9. The molecule has 2 aliphatic heterocycles. The minimum absolute atomic E-state index is 0.182. The maximum atomic E-state index is 6.53. The first-order valence-electron chi connectivity index (χ1n) is 14.6. The van der Waals surface area contributed by atoms with E-state index in [1.807, 2.05) is 22.0 Å². The third kappa shape index (κ3) is 7.53. The van der Waals surface area contributed by atoms with Gasteiger partial charge in [0.25, 0.3) is 17.1 Å². The van der Waals surface area contributed by atoms with Crippen LogP contribution in [-0.2, 0) is 18.1 Å². The van der Waals surface area contributed by atoms with Crippen molar-refractivity contribution in [1.82, 2.24) is 8.15 Å². The van der Waals surface area contributed by atoms with Crippen LogP contribution >= 0.6 is 39.0 Å². The molecule has 0 amide bonds. The van der Waals surface area contributed by atoms with Gasteiger partial charge in [0.2, 0.25) is 0 Å². The molecule has 2 aliphatic carbocycles. The van der Waals surface area contributed by atoms with E-state index in [0.29, 0.717) is 12.1 Å². The van der Waals surface area contributed by atoms with Crippen molar-refractivity contribution in [3.05, 3.63) is 0 Å². The van der Waals surface area contributed by atoms with Crippen molar-refractivity contribution in [2.75, 3.05) is 26.4 Å². The molecule has 0 atom stereocenters. The van der Waals surface area contributed by atoms with Gasteiger partial charge in [0.1, 0.15) is 0 Å². The monoisotopic (exact) mass is 580 g/mol. The van der Waals surface area contributed by atoms with Gasteiger partial charge < -0.3 is 18.1 Å². The average Bonchev–Trinajstić information content (AvgIpc) is 2.97. The molecule has 4 rings (SSSR count). The van der Waals surface area contributed by atoms with Crippen molar-refractivity contribution in [2.45, 2.75) is 130 Å². The molecule has 0 aromatic rings. The summed E-state index contributed by atoms with van der Waals surface area (Å²) < 4.78 is 31.2. The fourth-order valence-corrected chi connectivity index (χ4v) is 13.2. The van der Waals surface area contributed by atoms with Crippen LogP contribution in [0.5, 0.6) is 0 Å². The van der Waals surface area contributed by atoms with Gasteiger partial charge in [0.15, 0.2) is 0 Å². The lowest BCUT2D eigenvalue weighted by Gasteiger charge is -2.45. The van der Waals surface area contributed by atoms with Crippen LogP contribution in [0.3, 0.4) is 0 Å². The second-order valence-corrected chi connectivity index (χ2v) is 16.7. The Labute approximate surface area is 231 Å². The van der Waals surface area contributed by atoms with Crippen LogP contribution in [0.2, 0.25) is 0 Å². The third-order valence-electron chi connectivity index (χ3n) is 9.21. The molecule has 2 saturated heterocycles. The number of hydrogen-bond donors (Lipinski definition) is 0. The summed E-state index contributed by atoms with van der Waals surface area (Å²) in [6.07, 6.45) is 17.4. The van der Waals surface area contributed by atoms with Crippen LogP contribution in [0.4, 0.5) is 0 Å². The Hall–Kier alpha value is 1.32. The van der Waals surface area contributed by atoms with Crippen molar-refractivity contribution in [3.63, 3.8) is 0 Å². The van der Waals surface area contributed by atoms with Crippen molar-refractivity contribution >= 4 is 39.0 Å². The minimum Gasteiger partial charge on any atom is -0.321 e. The molecule has 4 fully saturated rings. The van der Waals surface area contributed by atoms with Crippen molar-refractivity contribution < 1.29 is 18.1 Å². The summed E-state index contributed by atoms with van der Waals surface area (Å²) in [6.45, 7) is 12.4. The Morgan fingerprint density at radius 3 is 1.14 bits per heavy atom. The lowest BCUT2D eigenvalue weighted by atomic mass is 9.84. The highest BCUT2D eigenvalue weighted by atomic mass is 33.1. The maximum absolute atomic E-state index is 6.53. The molecule has 0 spiro atoms. The van der Waals surface area contributed by atoms with Crippen LogP contribution in [0, 0.1) is 10.8 Å². The predicted molar refractivity (Wildman–Crippen MR) is 156 cm³/mol. The SMILES string of the molecule is CCC1(CC)COP(N(SSN(C2CCCCC2)P2OCC(CC)(CC)CO2)C2CCCCC2)OC1. The third-order valence-corrected chi connectivity index (χ3v) is 16.0. The van der Waals surface area contributed by atoms with Crippen molar-refractivity contribution in [1.29, 1.82) is 0 Å². The Balaban J connectivity index is 1.44. The average molecular weight is 581 g/mol. The van der Waals surface area contributed by atoms with Crippen molar-refractivity contribution in [3.8, 4) is 0 Å². The Morgan fingerprint density at radius 1 is 0.556 bits per heavy atom. The zero-order valence-corrected chi connectivity index (χ0v) is 26.5. The van der Waals surface area contributed by atoms with Gasteiger partial charge >= 0.3 is 0 Å². The second-order valence-electron chi connectivity index (χ2n) is 11.3. The van der Waals surface area contributed by atoms with Crippen LogP contribution in [0.15, 0.2) is 0 Å². The van der Waals surface area contributed by atoms with Crippen LogP contribution in [0.25, 0.3) is 0 Å². The smallest absolute Gasteiger partial charge is 0.270 e. The first kappa shape index (κ1) is 30.3. The van der Waals surface area contributed by atoms with Gasteiger partial charge in [-0.1, -0.05) is 66.2 Å². The van der Waals surface area contributed by atoms with Gasteiger partial charge in [-0.2, -0.15) is 8.15 Å². The second kappa shape index (κ2) is 14.8. The molecule has 10 heteroatoms. The predicted octanol–water partition coefficient (Wildman–Crippen LogP) is 9.63. The normalized spacial score (nSPS) is 27.2. The van der Waals surface area contributed by atoms with Gasteiger partial charge in [-0.3, -0.25) is 0 Å². The van der Waals surface area contributed by atoms with Gasteiger partial charge in [0.05, 0.1) is 26.4 Å². The van der Waals surface area contributed by atoms with E-state index in [1.54, 1.807) is 0 Å². The molecule has 210 valence electrons. The van der Waals surface area contributed by atoms with E-state index >= 15 is 0 Å². The zero-order chi connectivity index (χ0) is 25.4. The number of hydrogen-bond acceptors (Lipinski definition) is 8. The van der Waals surface area contributed by atoms with Gasteiger partial charge in [-0.25, -0.2) is 0 Å². The quantitative estimate of drug-likeness (QED) is 0.136. The van der Waals surface area contributed by atoms with E-state index in [2.05, 4.69) is 35.8 Å². The highest BCUT2D eigenvalue weighted by molar-refractivity contribution is 8.76. The molecule has 0 bridgehead atoms. The van der Waals surface area contributed by atoms with Gasteiger partial charge in [-0.05, 0) is 51.4 Å².